The van der Waals surface area contributed by atoms with Gasteiger partial charge in [0.25, 0.3) is 0 Å². The standard InChI is InChI=1S/C23H24FN3O2/c1-5-18-22(15-6-9-17(24)10-7-15)23-25-14(2)12-19(27(23)26-18)16-8-11-20(28-3)21(13-16)29-4/h6-11,13,19H,5,12H2,1-4H3. The number of aryl methyl sites for hydroxylation is 1. The second-order valence-corrected chi connectivity index (χ2v) is 7.13. The number of rotatable bonds is 5. The maximum absolute atomic E-state index is 13.5. The summed E-state index contributed by atoms with van der Waals surface area (Å²) in [6, 6.07) is 12.5. The van der Waals surface area contributed by atoms with Crippen LogP contribution < -0.4 is 9.47 Å². The van der Waals surface area contributed by atoms with Crippen LogP contribution in [0.2, 0.25) is 0 Å². The van der Waals surface area contributed by atoms with Crippen LogP contribution in [-0.2, 0) is 6.42 Å². The average Bonchev–Trinajstić information content (AvgIpc) is 3.11. The number of fused-ring (bicyclic) bond motifs is 1. The minimum absolute atomic E-state index is 0.00167. The average molecular weight is 393 g/mol. The maximum atomic E-state index is 13.5. The topological polar surface area (TPSA) is 48.6 Å². The highest BCUT2D eigenvalue weighted by atomic mass is 19.1. The van der Waals surface area contributed by atoms with Crippen molar-refractivity contribution >= 4 is 11.5 Å². The van der Waals surface area contributed by atoms with Gasteiger partial charge in [0, 0.05) is 17.7 Å². The number of nitrogens with zero attached hydrogens (tertiary/aromatic N) is 3. The Hall–Kier alpha value is -3.15. The molecule has 2 heterocycles. The number of benzene rings is 2. The van der Waals surface area contributed by atoms with Crippen LogP contribution in [0.3, 0.4) is 0 Å². The van der Waals surface area contributed by atoms with Gasteiger partial charge in [-0.3, -0.25) is 0 Å². The van der Waals surface area contributed by atoms with Gasteiger partial charge >= 0.3 is 0 Å². The molecular weight excluding hydrogens is 369 g/mol. The summed E-state index contributed by atoms with van der Waals surface area (Å²) < 4.78 is 26.3. The molecule has 150 valence electrons. The molecule has 1 aliphatic heterocycles. The minimum Gasteiger partial charge on any atom is -0.493 e. The van der Waals surface area contributed by atoms with Crippen molar-refractivity contribution < 1.29 is 13.9 Å². The van der Waals surface area contributed by atoms with Gasteiger partial charge in [-0.1, -0.05) is 25.1 Å². The monoisotopic (exact) mass is 393 g/mol. The first kappa shape index (κ1) is 19.2. The lowest BCUT2D eigenvalue weighted by atomic mass is 9.98. The van der Waals surface area contributed by atoms with Crippen molar-refractivity contribution in [2.24, 2.45) is 4.99 Å². The molecule has 0 bridgehead atoms. The molecule has 1 aromatic heterocycles. The van der Waals surface area contributed by atoms with Crippen molar-refractivity contribution in [3.63, 3.8) is 0 Å². The first-order valence-corrected chi connectivity index (χ1v) is 9.69. The number of methoxy groups -OCH3 is 2. The lowest BCUT2D eigenvalue weighted by Crippen LogP contribution is -2.19. The molecule has 1 aliphatic rings. The van der Waals surface area contributed by atoms with E-state index in [1.165, 1.54) is 12.1 Å². The molecule has 6 heteroatoms. The third kappa shape index (κ3) is 3.39. The fourth-order valence-corrected chi connectivity index (χ4v) is 3.87. The summed E-state index contributed by atoms with van der Waals surface area (Å²) in [5.41, 5.74) is 4.96. The summed E-state index contributed by atoms with van der Waals surface area (Å²) in [4.78, 5) is 4.83. The first-order chi connectivity index (χ1) is 14.0. The highest BCUT2D eigenvalue weighted by Crippen LogP contribution is 2.42. The molecule has 0 fully saturated rings. The zero-order valence-electron chi connectivity index (χ0n) is 17.1. The molecule has 0 spiro atoms. The second kappa shape index (κ2) is 7.70. The molecule has 2 aromatic carbocycles. The Labute approximate surface area is 169 Å². The van der Waals surface area contributed by atoms with Crippen molar-refractivity contribution in [1.82, 2.24) is 9.78 Å². The van der Waals surface area contributed by atoms with Gasteiger partial charge in [0.1, 0.15) is 5.82 Å². The van der Waals surface area contributed by atoms with Crippen LogP contribution in [-0.4, -0.2) is 29.7 Å². The van der Waals surface area contributed by atoms with E-state index in [0.29, 0.717) is 11.5 Å². The van der Waals surface area contributed by atoms with Gasteiger partial charge in [-0.25, -0.2) is 14.1 Å². The molecule has 0 saturated heterocycles. The van der Waals surface area contributed by atoms with E-state index >= 15 is 0 Å². The lowest BCUT2D eigenvalue weighted by molar-refractivity contribution is 0.353. The lowest BCUT2D eigenvalue weighted by Gasteiger charge is -2.24. The molecule has 29 heavy (non-hydrogen) atoms. The molecule has 1 unspecified atom stereocenters. The van der Waals surface area contributed by atoms with E-state index in [4.69, 9.17) is 19.6 Å². The van der Waals surface area contributed by atoms with E-state index in [1.807, 2.05) is 29.8 Å². The Morgan fingerprint density at radius 2 is 1.79 bits per heavy atom. The Morgan fingerprint density at radius 3 is 2.45 bits per heavy atom. The van der Waals surface area contributed by atoms with Crippen molar-refractivity contribution in [1.29, 1.82) is 0 Å². The summed E-state index contributed by atoms with van der Waals surface area (Å²) in [5.74, 6) is 1.94. The van der Waals surface area contributed by atoms with Gasteiger partial charge in [0.05, 0.1) is 26.0 Å². The zero-order valence-corrected chi connectivity index (χ0v) is 17.1. The number of halogens is 1. The van der Waals surface area contributed by atoms with Crippen LogP contribution in [0.1, 0.15) is 37.6 Å². The van der Waals surface area contributed by atoms with Gasteiger partial charge in [0.2, 0.25) is 0 Å². The molecule has 3 aromatic rings. The van der Waals surface area contributed by atoms with Gasteiger partial charge in [-0.2, -0.15) is 5.10 Å². The van der Waals surface area contributed by atoms with Gasteiger partial charge in [-0.05, 0) is 48.7 Å². The van der Waals surface area contributed by atoms with Crippen LogP contribution >= 0.6 is 0 Å². The quantitative estimate of drug-likeness (QED) is 0.587. The van der Waals surface area contributed by atoms with Crippen LogP contribution in [0.25, 0.3) is 11.1 Å². The molecule has 0 radical (unpaired) electrons. The molecular formula is C23H24FN3O2. The summed E-state index contributed by atoms with van der Waals surface area (Å²) >= 11 is 0. The molecule has 0 amide bonds. The van der Waals surface area contributed by atoms with Gasteiger partial charge < -0.3 is 9.47 Å². The SMILES string of the molecule is CCc1nn2c(c1-c1ccc(F)cc1)N=C(C)CC2c1ccc(OC)c(OC)c1. The van der Waals surface area contributed by atoms with E-state index in [1.54, 1.807) is 26.4 Å². The third-order valence-electron chi connectivity index (χ3n) is 5.30. The second-order valence-electron chi connectivity index (χ2n) is 7.13. The van der Waals surface area contributed by atoms with E-state index in [2.05, 4.69) is 6.92 Å². The summed E-state index contributed by atoms with van der Waals surface area (Å²) in [6.07, 6.45) is 1.52. The van der Waals surface area contributed by atoms with E-state index in [0.717, 1.165) is 46.8 Å². The predicted octanol–water partition coefficient (Wildman–Crippen LogP) is 5.35. The van der Waals surface area contributed by atoms with Crippen LogP contribution in [0.5, 0.6) is 11.5 Å². The smallest absolute Gasteiger partial charge is 0.161 e. The van der Waals surface area contributed by atoms with E-state index in [9.17, 15) is 4.39 Å². The molecule has 5 nitrogen and oxygen atoms in total. The van der Waals surface area contributed by atoms with E-state index in [-0.39, 0.29) is 11.9 Å². The fourth-order valence-electron chi connectivity index (χ4n) is 3.87. The zero-order chi connectivity index (χ0) is 20.5. The first-order valence-electron chi connectivity index (χ1n) is 9.69. The van der Waals surface area contributed by atoms with Crippen LogP contribution in [0.4, 0.5) is 10.2 Å². The Balaban J connectivity index is 1.87. The molecule has 0 N–H and O–H groups in total. The van der Waals surface area contributed by atoms with Gasteiger partial charge in [0.15, 0.2) is 17.3 Å². The highest BCUT2D eigenvalue weighted by molar-refractivity contribution is 5.90. The summed E-state index contributed by atoms with van der Waals surface area (Å²) in [6.45, 7) is 4.10. The predicted molar refractivity (Wildman–Crippen MR) is 112 cm³/mol. The third-order valence-corrected chi connectivity index (χ3v) is 5.30. The largest absolute Gasteiger partial charge is 0.493 e. The molecule has 1 atom stereocenters. The number of aromatic nitrogens is 2. The number of ether oxygens (including phenoxy) is 2. The maximum Gasteiger partial charge on any atom is 0.161 e. The molecule has 0 saturated carbocycles. The Bertz CT molecular complexity index is 1070. The normalized spacial score (nSPS) is 15.6. The van der Waals surface area contributed by atoms with Crippen molar-refractivity contribution in [3.8, 4) is 22.6 Å². The Kier molecular flexibility index (Phi) is 5.09. The highest BCUT2D eigenvalue weighted by Gasteiger charge is 2.29. The van der Waals surface area contributed by atoms with Crippen molar-refractivity contribution in [2.45, 2.75) is 32.7 Å². The molecule has 4 rings (SSSR count). The number of hydrogen-bond donors (Lipinski definition) is 0. The van der Waals surface area contributed by atoms with Crippen molar-refractivity contribution in [2.75, 3.05) is 14.2 Å². The fraction of sp³-hybridized carbons (Fsp3) is 0.304. The minimum atomic E-state index is -0.254. The summed E-state index contributed by atoms with van der Waals surface area (Å²) in [7, 11) is 3.26. The number of hydrogen-bond acceptors (Lipinski definition) is 4. The number of aliphatic imine (C=N–C) groups is 1. The van der Waals surface area contributed by atoms with E-state index < -0.39 is 0 Å². The Morgan fingerprint density at radius 1 is 1.07 bits per heavy atom. The van der Waals surface area contributed by atoms with Crippen LogP contribution in [0.15, 0.2) is 47.5 Å². The summed E-state index contributed by atoms with van der Waals surface area (Å²) in [5, 5.41) is 4.90. The van der Waals surface area contributed by atoms with Crippen LogP contribution in [0, 0.1) is 5.82 Å². The van der Waals surface area contributed by atoms with Crippen molar-refractivity contribution in [3.05, 3.63) is 59.5 Å². The molecule has 0 aliphatic carbocycles. The van der Waals surface area contributed by atoms with Gasteiger partial charge in [-0.15, -0.1) is 0 Å².